The van der Waals surface area contributed by atoms with E-state index < -0.39 is 12.1 Å². The molecule has 0 aromatic heterocycles. The van der Waals surface area contributed by atoms with Crippen LogP contribution in [-0.4, -0.2) is 25.3 Å². The van der Waals surface area contributed by atoms with Gasteiger partial charge >= 0.3 is 5.97 Å². The number of benzene rings is 2. The lowest BCUT2D eigenvalue weighted by atomic mass is 10.2. The standard InChI is InChI=1S/C17H16O5/c1-2-19-12-7-3-6-10-15(12)22-17(18)16-11-20-13-8-4-5-9-14(13)21-16/h3-10,16H,2,11H2,1H3. The summed E-state index contributed by atoms with van der Waals surface area (Å²) in [5, 5.41) is 0. The first-order chi connectivity index (χ1) is 10.8. The van der Waals surface area contributed by atoms with E-state index in [1.807, 2.05) is 25.1 Å². The van der Waals surface area contributed by atoms with Crippen molar-refractivity contribution in [3.63, 3.8) is 0 Å². The first-order valence-corrected chi connectivity index (χ1v) is 7.10. The number of para-hydroxylation sites is 4. The Hall–Kier alpha value is -2.69. The van der Waals surface area contributed by atoms with E-state index in [-0.39, 0.29) is 6.61 Å². The van der Waals surface area contributed by atoms with Crippen molar-refractivity contribution < 1.29 is 23.7 Å². The van der Waals surface area contributed by atoms with Crippen molar-refractivity contribution in [3.8, 4) is 23.0 Å². The van der Waals surface area contributed by atoms with E-state index in [4.69, 9.17) is 18.9 Å². The van der Waals surface area contributed by atoms with Gasteiger partial charge in [0.2, 0.25) is 6.10 Å². The van der Waals surface area contributed by atoms with Gasteiger partial charge in [0.25, 0.3) is 0 Å². The fourth-order valence-corrected chi connectivity index (χ4v) is 2.12. The summed E-state index contributed by atoms with van der Waals surface area (Å²) in [6.45, 7) is 2.48. The minimum atomic E-state index is -0.801. The molecule has 0 aliphatic carbocycles. The summed E-state index contributed by atoms with van der Waals surface area (Å²) in [4.78, 5) is 12.3. The molecule has 22 heavy (non-hydrogen) atoms. The number of fused-ring (bicyclic) bond motifs is 1. The fraction of sp³-hybridized carbons (Fsp3) is 0.235. The summed E-state index contributed by atoms with van der Waals surface area (Å²) in [6, 6.07) is 14.2. The molecule has 2 aromatic rings. The van der Waals surface area contributed by atoms with Gasteiger partial charge in [-0.25, -0.2) is 4.79 Å². The topological polar surface area (TPSA) is 54.0 Å². The molecule has 5 nitrogen and oxygen atoms in total. The van der Waals surface area contributed by atoms with E-state index in [0.29, 0.717) is 29.6 Å². The smallest absolute Gasteiger partial charge is 0.356 e. The van der Waals surface area contributed by atoms with Crippen LogP contribution < -0.4 is 18.9 Å². The van der Waals surface area contributed by atoms with Crippen LogP contribution in [0, 0.1) is 0 Å². The fourth-order valence-electron chi connectivity index (χ4n) is 2.12. The van der Waals surface area contributed by atoms with Crippen LogP contribution in [0.3, 0.4) is 0 Å². The SMILES string of the molecule is CCOc1ccccc1OC(=O)C1COc2ccccc2O1. The monoisotopic (exact) mass is 300 g/mol. The van der Waals surface area contributed by atoms with Crippen molar-refractivity contribution in [1.82, 2.24) is 0 Å². The highest BCUT2D eigenvalue weighted by Gasteiger charge is 2.29. The minimum Gasteiger partial charge on any atom is -0.490 e. The van der Waals surface area contributed by atoms with Crippen LogP contribution >= 0.6 is 0 Å². The maximum Gasteiger partial charge on any atom is 0.356 e. The van der Waals surface area contributed by atoms with Gasteiger partial charge in [0.1, 0.15) is 6.61 Å². The molecule has 1 atom stereocenters. The van der Waals surface area contributed by atoms with E-state index >= 15 is 0 Å². The molecule has 5 heteroatoms. The molecule has 0 amide bonds. The number of carbonyl (C=O) groups is 1. The van der Waals surface area contributed by atoms with Gasteiger partial charge in [0.15, 0.2) is 23.0 Å². The van der Waals surface area contributed by atoms with Crippen LogP contribution in [-0.2, 0) is 4.79 Å². The van der Waals surface area contributed by atoms with Gasteiger partial charge in [0.05, 0.1) is 6.61 Å². The van der Waals surface area contributed by atoms with Crippen molar-refractivity contribution >= 4 is 5.97 Å². The summed E-state index contributed by atoms with van der Waals surface area (Å²) >= 11 is 0. The maximum atomic E-state index is 12.3. The molecule has 114 valence electrons. The second-order valence-electron chi connectivity index (χ2n) is 4.67. The van der Waals surface area contributed by atoms with Gasteiger partial charge < -0.3 is 18.9 Å². The third-order valence-electron chi connectivity index (χ3n) is 3.13. The summed E-state index contributed by atoms with van der Waals surface area (Å²) in [5.74, 6) is 1.55. The lowest BCUT2D eigenvalue weighted by molar-refractivity contribution is -0.144. The second-order valence-corrected chi connectivity index (χ2v) is 4.67. The zero-order valence-electron chi connectivity index (χ0n) is 12.2. The molecule has 3 rings (SSSR count). The van der Waals surface area contributed by atoms with Crippen LogP contribution in [0.5, 0.6) is 23.0 Å². The number of ether oxygens (including phenoxy) is 4. The maximum absolute atomic E-state index is 12.3. The normalized spacial score (nSPS) is 16.0. The lowest BCUT2D eigenvalue weighted by Crippen LogP contribution is -2.39. The highest BCUT2D eigenvalue weighted by molar-refractivity contribution is 5.79. The molecule has 0 radical (unpaired) electrons. The van der Waals surface area contributed by atoms with E-state index in [1.54, 1.807) is 30.3 Å². The molecule has 0 saturated heterocycles. The Morgan fingerprint density at radius 3 is 2.55 bits per heavy atom. The largest absolute Gasteiger partial charge is 0.490 e. The Morgan fingerprint density at radius 1 is 1.09 bits per heavy atom. The first-order valence-electron chi connectivity index (χ1n) is 7.10. The Bertz CT molecular complexity index is 668. The molecule has 0 N–H and O–H groups in total. The molecule has 1 heterocycles. The quantitative estimate of drug-likeness (QED) is 0.642. The van der Waals surface area contributed by atoms with Crippen LogP contribution in [0.4, 0.5) is 0 Å². The molecular formula is C17H16O5. The molecule has 0 bridgehead atoms. The highest BCUT2D eigenvalue weighted by atomic mass is 16.6. The summed E-state index contributed by atoms with van der Waals surface area (Å²) < 4.78 is 22.0. The summed E-state index contributed by atoms with van der Waals surface area (Å²) in [5.41, 5.74) is 0. The summed E-state index contributed by atoms with van der Waals surface area (Å²) in [6.07, 6.45) is -0.801. The third kappa shape index (κ3) is 2.98. The summed E-state index contributed by atoms with van der Waals surface area (Å²) in [7, 11) is 0. The van der Waals surface area contributed by atoms with Gasteiger partial charge in [0, 0.05) is 0 Å². The van der Waals surface area contributed by atoms with Crippen molar-refractivity contribution in [3.05, 3.63) is 48.5 Å². The Morgan fingerprint density at radius 2 is 1.77 bits per heavy atom. The Kier molecular flexibility index (Phi) is 4.14. The van der Waals surface area contributed by atoms with E-state index in [1.165, 1.54) is 0 Å². The van der Waals surface area contributed by atoms with E-state index in [0.717, 1.165) is 0 Å². The van der Waals surface area contributed by atoms with Crippen molar-refractivity contribution in [2.45, 2.75) is 13.0 Å². The Labute approximate surface area is 128 Å². The zero-order valence-corrected chi connectivity index (χ0v) is 12.2. The second kappa shape index (κ2) is 6.39. The van der Waals surface area contributed by atoms with E-state index in [2.05, 4.69) is 0 Å². The molecule has 1 unspecified atom stereocenters. The average molecular weight is 300 g/mol. The van der Waals surface area contributed by atoms with Crippen LogP contribution in [0.2, 0.25) is 0 Å². The molecule has 0 saturated carbocycles. The van der Waals surface area contributed by atoms with Crippen LogP contribution in [0.15, 0.2) is 48.5 Å². The molecule has 1 aliphatic rings. The number of rotatable bonds is 4. The Balaban J connectivity index is 1.71. The number of hydrogen-bond donors (Lipinski definition) is 0. The number of hydrogen-bond acceptors (Lipinski definition) is 5. The van der Waals surface area contributed by atoms with Crippen LogP contribution in [0.25, 0.3) is 0 Å². The molecule has 1 aliphatic heterocycles. The zero-order chi connectivity index (χ0) is 15.4. The molecule has 0 fully saturated rings. The molecule has 0 spiro atoms. The number of esters is 1. The highest BCUT2D eigenvalue weighted by Crippen LogP contribution is 2.32. The lowest BCUT2D eigenvalue weighted by Gasteiger charge is -2.25. The van der Waals surface area contributed by atoms with Gasteiger partial charge in [-0.1, -0.05) is 24.3 Å². The van der Waals surface area contributed by atoms with Gasteiger partial charge in [-0.05, 0) is 31.2 Å². The number of carbonyl (C=O) groups excluding carboxylic acids is 1. The average Bonchev–Trinajstić information content (AvgIpc) is 2.56. The third-order valence-corrected chi connectivity index (χ3v) is 3.13. The molecular weight excluding hydrogens is 284 g/mol. The minimum absolute atomic E-state index is 0.118. The van der Waals surface area contributed by atoms with Crippen molar-refractivity contribution in [2.24, 2.45) is 0 Å². The van der Waals surface area contributed by atoms with Gasteiger partial charge in [-0.15, -0.1) is 0 Å². The van der Waals surface area contributed by atoms with Crippen molar-refractivity contribution in [1.29, 1.82) is 0 Å². The predicted octanol–water partition coefficient (Wildman–Crippen LogP) is 2.83. The van der Waals surface area contributed by atoms with Gasteiger partial charge in [-0.2, -0.15) is 0 Å². The van der Waals surface area contributed by atoms with Gasteiger partial charge in [-0.3, -0.25) is 0 Å². The van der Waals surface area contributed by atoms with Crippen LogP contribution in [0.1, 0.15) is 6.92 Å². The predicted molar refractivity (Wildman–Crippen MR) is 79.6 cm³/mol. The van der Waals surface area contributed by atoms with Crippen molar-refractivity contribution in [2.75, 3.05) is 13.2 Å². The molecule has 2 aromatic carbocycles. The van der Waals surface area contributed by atoms with E-state index in [9.17, 15) is 4.79 Å². The first kappa shape index (κ1) is 14.3.